The summed E-state index contributed by atoms with van der Waals surface area (Å²) in [7, 11) is 0. The third-order valence-electron chi connectivity index (χ3n) is 7.81. The number of piperidine rings is 1. The van der Waals surface area contributed by atoms with Crippen molar-refractivity contribution in [2.24, 2.45) is 0 Å². The molecule has 1 aromatic heterocycles. The van der Waals surface area contributed by atoms with E-state index in [0.717, 1.165) is 75.0 Å². The normalized spacial score (nSPS) is 17.3. The fourth-order valence-corrected chi connectivity index (χ4v) is 5.90. The SMILES string of the molecule is Fc1ccc(-n2cc(CCCCN3CCC4(CC3)OCc3ccccc34)c3cccc(F)c32)cc1. The molecule has 3 nitrogen and oxygen atoms in total. The third kappa shape index (κ3) is 4.17. The molecule has 0 amide bonds. The van der Waals surface area contributed by atoms with E-state index < -0.39 is 0 Å². The van der Waals surface area contributed by atoms with Crippen LogP contribution in [0.1, 0.15) is 42.4 Å². The van der Waals surface area contributed by atoms with E-state index in [1.807, 2.05) is 16.8 Å². The average Bonchev–Trinajstić information content (AvgIpc) is 3.44. The number of ether oxygens (including phenoxy) is 1. The van der Waals surface area contributed by atoms with Crippen LogP contribution in [0.4, 0.5) is 8.78 Å². The maximum atomic E-state index is 14.8. The third-order valence-corrected chi connectivity index (χ3v) is 7.81. The van der Waals surface area contributed by atoms with Gasteiger partial charge < -0.3 is 14.2 Å². The molecule has 5 heteroatoms. The highest BCUT2D eigenvalue weighted by atomic mass is 19.1. The minimum Gasteiger partial charge on any atom is -0.365 e. The Balaban J connectivity index is 1.08. The molecule has 1 saturated heterocycles. The fourth-order valence-electron chi connectivity index (χ4n) is 5.90. The minimum atomic E-state index is -0.293. The number of rotatable bonds is 6. The highest BCUT2D eigenvalue weighted by Gasteiger charge is 2.42. The van der Waals surface area contributed by atoms with Crippen molar-refractivity contribution >= 4 is 10.9 Å². The van der Waals surface area contributed by atoms with Crippen LogP contribution in [0, 0.1) is 11.6 Å². The molecule has 0 saturated carbocycles. The van der Waals surface area contributed by atoms with Crippen molar-refractivity contribution in [1.29, 1.82) is 0 Å². The lowest BCUT2D eigenvalue weighted by molar-refractivity contribution is -0.0788. The Labute approximate surface area is 204 Å². The predicted molar refractivity (Wildman–Crippen MR) is 135 cm³/mol. The number of benzene rings is 3. The average molecular weight is 473 g/mol. The summed E-state index contributed by atoms with van der Waals surface area (Å²) in [4.78, 5) is 2.55. The van der Waals surface area contributed by atoms with E-state index in [4.69, 9.17) is 4.74 Å². The van der Waals surface area contributed by atoms with Gasteiger partial charge in [-0.15, -0.1) is 0 Å². The largest absolute Gasteiger partial charge is 0.365 e. The molecular formula is C30H30F2N2O. The molecular weight excluding hydrogens is 442 g/mol. The van der Waals surface area contributed by atoms with E-state index in [1.165, 1.54) is 29.3 Å². The van der Waals surface area contributed by atoms with Crippen molar-refractivity contribution in [3.05, 3.63) is 101 Å². The zero-order valence-electron chi connectivity index (χ0n) is 19.9. The smallest absolute Gasteiger partial charge is 0.147 e. The molecule has 3 aromatic carbocycles. The molecule has 0 radical (unpaired) electrons. The Kier molecular flexibility index (Phi) is 5.91. The van der Waals surface area contributed by atoms with E-state index in [0.29, 0.717) is 5.52 Å². The molecule has 1 spiro atoms. The second kappa shape index (κ2) is 9.21. The van der Waals surface area contributed by atoms with Crippen LogP contribution in [0.2, 0.25) is 0 Å². The lowest BCUT2D eigenvalue weighted by atomic mass is 9.84. The summed E-state index contributed by atoms with van der Waals surface area (Å²) < 4.78 is 36.3. The zero-order valence-corrected chi connectivity index (χ0v) is 19.9. The highest BCUT2D eigenvalue weighted by molar-refractivity contribution is 5.86. The first-order chi connectivity index (χ1) is 17.1. The monoisotopic (exact) mass is 472 g/mol. The number of nitrogens with zero attached hydrogens (tertiary/aromatic N) is 2. The van der Waals surface area contributed by atoms with Crippen LogP contribution in [-0.4, -0.2) is 29.1 Å². The summed E-state index contributed by atoms with van der Waals surface area (Å²) in [5.41, 5.74) is 5.12. The summed E-state index contributed by atoms with van der Waals surface area (Å²) >= 11 is 0. The van der Waals surface area contributed by atoms with Gasteiger partial charge in [-0.05, 0) is 85.7 Å². The van der Waals surface area contributed by atoms with Crippen molar-refractivity contribution in [2.75, 3.05) is 19.6 Å². The standard InChI is InChI=1S/C30H30F2N2O/c31-24-11-13-25(14-12-24)34-20-22(26-8-5-10-28(32)29(26)34)6-3-4-17-33-18-15-30(16-19-33)27-9-2-1-7-23(27)21-35-30/h1-2,5,7-14,20H,3-4,6,15-19,21H2. The van der Waals surface area contributed by atoms with E-state index in [-0.39, 0.29) is 17.2 Å². The Morgan fingerprint density at radius 2 is 1.66 bits per heavy atom. The Morgan fingerprint density at radius 1 is 0.857 bits per heavy atom. The quantitative estimate of drug-likeness (QED) is 0.289. The van der Waals surface area contributed by atoms with Crippen LogP contribution in [0.15, 0.2) is 72.9 Å². The minimum absolute atomic E-state index is 0.0840. The second-order valence-electron chi connectivity index (χ2n) is 9.88. The van der Waals surface area contributed by atoms with Crippen LogP contribution in [0.5, 0.6) is 0 Å². The molecule has 2 aliphatic rings. The lowest BCUT2D eigenvalue weighted by Gasteiger charge is -2.39. The molecule has 1 fully saturated rings. The Bertz CT molecular complexity index is 1340. The number of para-hydroxylation sites is 1. The summed E-state index contributed by atoms with van der Waals surface area (Å²) in [5, 5.41) is 0.936. The van der Waals surface area contributed by atoms with Crippen LogP contribution >= 0.6 is 0 Å². The first-order valence-corrected chi connectivity index (χ1v) is 12.6. The predicted octanol–water partition coefficient (Wildman–Crippen LogP) is 6.75. The summed E-state index contributed by atoms with van der Waals surface area (Å²) in [6.07, 6.45) is 7.15. The van der Waals surface area contributed by atoms with Gasteiger partial charge in [0.25, 0.3) is 0 Å². The van der Waals surface area contributed by atoms with Gasteiger partial charge in [0.15, 0.2) is 0 Å². The van der Waals surface area contributed by atoms with Gasteiger partial charge >= 0.3 is 0 Å². The van der Waals surface area contributed by atoms with Gasteiger partial charge in [-0.1, -0.05) is 36.4 Å². The van der Waals surface area contributed by atoms with Gasteiger partial charge in [0.05, 0.1) is 17.7 Å². The number of hydrogen-bond acceptors (Lipinski definition) is 2. The number of unbranched alkanes of at least 4 members (excludes halogenated alkanes) is 1. The number of fused-ring (bicyclic) bond motifs is 3. The van der Waals surface area contributed by atoms with E-state index in [2.05, 4.69) is 29.2 Å². The molecule has 6 rings (SSSR count). The van der Waals surface area contributed by atoms with E-state index in [1.54, 1.807) is 18.2 Å². The molecule has 0 N–H and O–H groups in total. The van der Waals surface area contributed by atoms with Gasteiger partial charge in [-0.25, -0.2) is 8.78 Å². The highest BCUT2D eigenvalue weighted by Crippen LogP contribution is 2.44. The van der Waals surface area contributed by atoms with E-state index in [9.17, 15) is 8.78 Å². The maximum absolute atomic E-state index is 14.8. The lowest BCUT2D eigenvalue weighted by Crippen LogP contribution is -2.42. The number of halogens is 2. The van der Waals surface area contributed by atoms with Crippen LogP contribution in [0.3, 0.4) is 0 Å². The molecule has 0 atom stereocenters. The van der Waals surface area contributed by atoms with Crippen molar-refractivity contribution in [3.63, 3.8) is 0 Å². The van der Waals surface area contributed by atoms with Gasteiger partial charge in [-0.2, -0.15) is 0 Å². The molecule has 35 heavy (non-hydrogen) atoms. The van der Waals surface area contributed by atoms with Crippen molar-refractivity contribution in [1.82, 2.24) is 9.47 Å². The molecule has 3 heterocycles. The zero-order chi connectivity index (χ0) is 23.8. The molecule has 4 aromatic rings. The van der Waals surface area contributed by atoms with Crippen LogP contribution < -0.4 is 0 Å². The maximum Gasteiger partial charge on any atom is 0.147 e. The first kappa shape index (κ1) is 22.4. The number of aromatic nitrogens is 1. The second-order valence-corrected chi connectivity index (χ2v) is 9.88. The van der Waals surface area contributed by atoms with Gasteiger partial charge in [0, 0.05) is 30.4 Å². The number of aryl methyl sites for hydroxylation is 1. The number of likely N-dealkylation sites (tertiary alicyclic amines) is 1. The topological polar surface area (TPSA) is 17.4 Å². The fraction of sp³-hybridized carbons (Fsp3) is 0.333. The molecule has 180 valence electrons. The molecule has 0 aliphatic carbocycles. The van der Waals surface area contributed by atoms with Crippen molar-refractivity contribution < 1.29 is 13.5 Å². The van der Waals surface area contributed by atoms with Crippen molar-refractivity contribution in [2.45, 2.75) is 44.3 Å². The van der Waals surface area contributed by atoms with Crippen LogP contribution in [0.25, 0.3) is 16.6 Å². The summed E-state index contributed by atoms with van der Waals surface area (Å²) in [6, 6.07) is 20.1. The van der Waals surface area contributed by atoms with Gasteiger partial charge in [0.2, 0.25) is 0 Å². The summed E-state index contributed by atoms with van der Waals surface area (Å²) in [6.45, 7) is 3.93. The van der Waals surface area contributed by atoms with Gasteiger partial charge in [-0.3, -0.25) is 0 Å². The molecule has 0 unspecified atom stereocenters. The summed E-state index contributed by atoms with van der Waals surface area (Å²) in [5.74, 6) is -0.547. The molecule has 2 aliphatic heterocycles. The Hall–Kier alpha value is -3.02. The number of hydrogen-bond donors (Lipinski definition) is 0. The van der Waals surface area contributed by atoms with Crippen LogP contribution in [-0.2, 0) is 23.4 Å². The Morgan fingerprint density at radius 3 is 2.49 bits per heavy atom. The first-order valence-electron chi connectivity index (χ1n) is 12.6. The van der Waals surface area contributed by atoms with E-state index >= 15 is 0 Å². The van der Waals surface area contributed by atoms with Crippen molar-refractivity contribution in [3.8, 4) is 5.69 Å². The molecule has 0 bridgehead atoms. The van der Waals surface area contributed by atoms with Gasteiger partial charge in [0.1, 0.15) is 11.6 Å².